The van der Waals surface area contributed by atoms with Crippen molar-refractivity contribution in [1.82, 2.24) is 5.32 Å². The van der Waals surface area contributed by atoms with Crippen molar-refractivity contribution >= 4 is 15.5 Å². The Balaban J connectivity index is 1.81. The molecule has 2 aliphatic heterocycles. The number of nitrogens with one attached hydrogen (secondary N) is 1. The number of sulfone groups is 1. The zero-order valence-corrected chi connectivity index (χ0v) is 12.7. The predicted octanol–water partition coefficient (Wildman–Crippen LogP) is 1.81. The minimum atomic E-state index is -3.10. The van der Waals surface area contributed by atoms with Crippen LogP contribution >= 0.6 is 0 Å². The number of hydrogen-bond acceptors (Lipinski definition) is 4. The van der Waals surface area contributed by atoms with Gasteiger partial charge in [0.2, 0.25) is 0 Å². The number of benzene rings is 1. The van der Waals surface area contributed by atoms with E-state index in [1.165, 1.54) is 31.9 Å². The quantitative estimate of drug-likeness (QED) is 0.924. The van der Waals surface area contributed by atoms with E-state index in [0.717, 1.165) is 18.8 Å². The highest BCUT2D eigenvalue weighted by Gasteiger charge is 2.33. The molecule has 2 fully saturated rings. The van der Waals surface area contributed by atoms with Gasteiger partial charge in [-0.1, -0.05) is 0 Å². The smallest absolute Gasteiger partial charge is 0.175 e. The van der Waals surface area contributed by atoms with Crippen LogP contribution in [0.5, 0.6) is 0 Å². The molecule has 0 amide bonds. The summed E-state index contributed by atoms with van der Waals surface area (Å²) < 4.78 is 23.0. The number of hydrogen-bond donors (Lipinski definition) is 1. The molecule has 0 bridgehead atoms. The number of anilines is 1. The zero-order valence-electron chi connectivity index (χ0n) is 11.9. The van der Waals surface area contributed by atoms with E-state index < -0.39 is 9.84 Å². The molecule has 2 saturated heterocycles. The standard InChI is InChI=1S/C15H22N2O2S/c1-20(18,19)13-8-6-12(7-9-13)17-11-3-5-15(17)14-4-2-10-16-14/h6-9,14-16H,2-5,10-11H2,1H3. The molecule has 5 heteroatoms. The SMILES string of the molecule is CS(=O)(=O)c1ccc(N2CCCC2C2CCCN2)cc1. The van der Waals surface area contributed by atoms with E-state index in [1.807, 2.05) is 12.1 Å². The molecule has 2 heterocycles. The lowest BCUT2D eigenvalue weighted by Gasteiger charge is -2.31. The topological polar surface area (TPSA) is 49.4 Å². The Morgan fingerprint density at radius 3 is 2.50 bits per heavy atom. The Morgan fingerprint density at radius 1 is 1.15 bits per heavy atom. The highest BCUT2D eigenvalue weighted by Crippen LogP contribution is 2.30. The van der Waals surface area contributed by atoms with Crippen LogP contribution in [0.3, 0.4) is 0 Å². The van der Waals surface area contributed by atoms with Crippen LogP contribution in [0.15, 0.2) is 29.2 Å². The first-order valence-electron chi connectivity index (χ1n) is 7.36. The summed E-state index contributed by atoms with van der Waals surface area (Å²) in [6, 6.07) is 8.49. The van der Waals surface area contributed by atoms with Gasteiger partial charge in [0.25, 0.3) is 0 Å². The fourth-order valence-corrected chi connectivity index (χ4v) is 4.09. The summed E-state index contributed by atoms with van der Waals surface area (Å²) in [4.78, 5) is 2.84. The largest absolute Gasteiger partial charge is 0.367 e. The Labute approximate surface area is 121 Å². The van der Waals surface area contributed by atoms with Crippen molar-refractivity contribution in [3.05, 3.63) is 24.3 Å². The number of nitrogens with zero attached hydrogens (tertiary/aromatic N) is 1. The molecule has 2 aliphatic rings. The Bertz CT molecular complexity index is 562. The molecule has 2 unspecified atom stereocenters. The molecule has 1 N–H and O–H groups in total. The Hall–Kier alpha value is -1.07. The van der Waals surface area contributed by atoms with Crippen LogP contribution in [-0.2, 0) is 9.84 Å². The lowest BCUT2D eigenvalue weighted by atomic mass is 10.0. The monoisotopic (exact) mass is 294 g/mol. The molecule has 110 valence electrons. The third kappa shape index (κ3) is 2.69. The molecule has 0 radical (unpaired) electrons. The maximum absolute atomic E-state index is 11.5. The van der Waals surface area contributed by atoms with Gasteiger partial charge in [-0.2, -0.15) is 0 Å². The maximum atomic E-state index is 11.5. The maximum Gasteiger partial charge on any atom is 0.175 e. The van der Waals surface area contributed by atoms with E-state index in [0.29, 0.717) is 17.0 Å². The van der Waals surface area contributed by atoms with Crippen molar-refractivity contribution in [3.63, 3.8) is 0 Å². The lowest BCUT2D eigenvalue weighted by molar-refractivity contribution is 0.483. The van der Waals surface area contributed by atoms with Crippen LogP contribution in [0.1, 0.15) is 25.7 Å². The first-order valence-corrected chi connectivity index (χ1v) is 9.25. The molecule has 2 atom stereocenters. The minimum absolute atomic E-state index is 0.399. The van der Waals surface area contributed by atoms with Crippen molar-refractivity contribution in [2.45, 2.75) is 42.7 Å². The third-order valence-corrected chi connectivity index (χ3v) is 5.59. The molecular formula is C15H22N2O2S. The normalized spacial score (nSPS) is 27.1. The van der Waals surface area contributed by atoms with Crippen LogP contribution in [0.4, 0.5) is 5.69 Å². The van der Waals surface area contributed by atoms with Crippen LogP contribution in [0, 0.1) is 0 Å². The molecule has 0 aromatic heterocycles. The summed E-state index contributed by atoms with van der Waals surface area (Å²) in [5, 5.41) is 3.60. The summed E-state index contributed by atoms with van der Waals surface area (Å²) in [7, 11) is -3.10. The summed E-state index contributed by atoms with van der Waals surface area (Å²) >= 11 is 0. The summed E-state index contributed by atoms with van der Waals surface area (Å²) in [5.41, 5.74) is 1.15. The van der Waals surface area contributed by atoms with Gasteiger partial charge < -0.3 is 10.2 Å². The highest BCUT2D eigenvalue weighted by atomic mass is 32.2. The zero-order chi connectivity index (χ0) is 14.2. The van der Waals surface area contributed by atoms with Crippen molar-refractivity contribution in [2.24, 2.45) is 0 Å². The molecule has 20 heavy (non-hydrogen) atoms. The van der Waals surface area contributed by atoms with Crippen LogP contribution in [-0.4, -0.2) is 39.8 Å². The van der Waals surface area contributed by atoms with Gasteiger partial charge in [0.05, 0.1) is 4.90 Å². The molecule has 0 aliphatic carbocycles. The molecule has 3 rings (SSSR count). The molecule has 0 spiro atoms. The molecule has 0 saturated carbocycles. The summed E-state index contributed by atoms with van der Waals surface area (Å²) in [5.74, 6) is 0. The lowest BCUT2D eigenvalue weighted by Crippen LogP contribution is -2.44. The average molecular weight is 294 g/mol. The molecule has 4 nitrogen and oxygen atoms in total. The van der Waals surface area contributed by atoms with Crippen molar-refractivity contribution in [1.29, 1.82) is 0 Å². The Morgan fingerprint density at radius 2 is 1.90 bits per heavy atom. The first-order chi connectivity index (χ1) is 9.55. The Kier molecular flexibility index (Phi) is 3.73. The molecular weight excluding hydrogens is 272 g/mol. The van der Waals surface area contributed by atoms with Gasteiger partial charge in [0.15, 0.2) is 9.84 Å². The van der Waals surface area contributed by atoms with Gasteiger partial charge in [-0.3, -0.25) is 0 Å². The van der Waals surface area contributed by atoms with Gasteiger partial charge >= 0.3 is 0 Å². The van der Waals surface area contributed by atoms with Crippen LogP contribution in [0.25, 0.3) is 0 Å². The number of rotatable bonds is 3. The van der Waals surface area contributed by atoms with Crippen molar-refractivity contribution in [2.75, 3.05) is 24.2 Å². The highest BCUT2D eigenvalue weighted by molar-refractivity contribution is 7.90. The first kappa shape index (κ1) is 13.9. The predicted molar refractivity (Wildman–Crippen MR) is 80.9 cm³/mol. The van der Waals surface area contributed by atoms with E-state index in [-0.39, 0.29) is 0 Å². The van der Waals surface area contributed by atoms with E-state index in [9.17, 15) is 8.42 Å². The summed E-state index contributed by atoms with van der Waals surface area (Å²) in [6.07, 6.45) is 6.22. The van der Waals surface area contributed by atoms with Gasteiger partial charge in [0.1, 0.15) is 0 Å². The second kappa shape index (κ2) is 5.37. The van der Waals surface area contributed by atoms with E-state index in [2.05, 4.69) is 10.2 Å². The van der Waals surface area contributed by atoms with Crippen LogP contribution in [0.2, 0.25) is 0 Å². The molecule has 1 aromatic rings. The second-order valence-corrected chi connectivity index (χ2v) is 7.89. The second-order valence-electron chi connectivity index (χ2n) is 5.87. The fourth-order valence-electron chi connectivity index (χ4n) is 3.46. The summed E-state index contributed by atoms with van der Waals surface area (Å²) in [6.45, 7) is 2.20. The average Bonchev–Trinajstić information content (AvgIpc) is 3.08. The van der Waals surface area contributed by atoms with Crippen molar-refractivity contribution < 1.29 is 8.42 Å². The fraction of sp³-hybridized carbons (Fsp3) is 0.600. The van der Waals surface area contributed by atoms with Gasteiger partial charge in [-0.15, -0.1) is 0 Å². The van der Waals surface area contributed by atoms with E-state index in [1.54, 1.807) is 12.1 Å². The van der Waals surface area contributed by atoms with Gasteiger partial charge in [-0.25, -0.2) is 8.42 Å². The van der Waals surface area contributed by atoms with Crippen LogP contribution < -0.4 is 10.2 Å². The van der Waals surface area contributed by atoms with Gasteiger partial charge in [0, 0.05) is 30.6 Å². The van der Waals surface area contributed by atoms with Crippen molar-refractivity contribution in [3.8, 4) is 0 Å². The molecule has 1 aromatic carbocycles. The minimum Gasteiger partial charge on any atom is -0.367 e. The van der Waals surface area contributed by atoms with Gasteiger partial charge in [-0.05, 0) is 56.5 Å². The van der Waals surface area contributed by atoms with E-state index >= 15 is 0 Å². The van der Waals surface area contributed by atoms with E-state index in [4.69, 9.17) is 0 Å². The third-order valence-electron chi connectivity index (χ3n) is 4.46.